The zero-order chi connectivity index (χ0) is 15.8. The van der Waals surface area contributed by atoms with Gasteiger partial charge in [0.2, 0.25) is 11.9 Å². The van der Waals surface area contributed by atoms with Crippen LogP contribution in [0.15, 0.2) is 18.5 Å². The monoisotopic (exact) mass is 303 g/mol. The molecule has 0 aliphatic carbocycles. The van der Waals surface area contributed by atoms with E-state index in [2.05, 4.69) is 20.6 Å². The summed E-state index contributed by atoms with van der Waals surface area (Å²) in [5, 5.41) is 6.39. The van der Waals surface area contributed by atoms with Crippen LogP contribution in [0, 0.1) is 0 Å². The molecule has 0 saturated carbocycles. The van der Waals surface area contributed by atoms with Crippen LogP contribution in [0.1, 0.15) is 31.2 Å². The Bertz CT molecular complexity index is 492. The summed E-state index contributed by atoms with van der Waals surface area (Å²) in [6.45, 7) is 1.80. The third-order valence-electron chi connectivity index (χ3n) is 3.69. The zero-order valence-corrected chi connectivity index (χ0v) is 13.4. The van der Waals surface area contributed by atoms with Crippen molar-refractivity contribution in [1.29, 1.82) is 0 Å². The van der Waals surface area contributed by atoms with E-state index < -0.39 is 0 Å². The number of carbonyl (C=O) groups excluding carboxylic acids is 1. The highest BCUT2D eigenvalue weighted by atomic mass is 16.1. The first-order valence-corrected chi connectivity index (χ1v) is 7.84. The number of nitrogens with zero attached hydrogens (tertiary/aromatic N) is 3. The van der Waals surface area contributed by atoms with E-state index in [0.717, 1.165) is 18.5 Å². The van der Waals surface area contributed by atoms with Crippen molar-refractivity contribution in [2.45, 2.75) is 31.7 Å². The van der Waals surface area contributed by atoms with Crippen LogP contribution in [0.4, 0.5) is 5.95 Å². The first kappa shape index (κ1) is 16.4. The fourth-order valence-corrected chi connectivity index (χ4v) is 2.42. The second kappa shape index (κ2) is 8.48. The highest BCUT2D eigenvalue weighted by Crippen LogP contribution is 2.09. The molecule has 120 valence electrons. The molecule has 0 aromatic carbocycles. The number of amides is 1. The molecule has 6 nitrogen and oxygen atoms in total. The maximum atomic E-state index is 11.8. The summed E-state index contributed by atoms with van der Waals surface area (Å²) < 4.78 is 0. The maximum Gasteiger partial charge on any atom is 0.244 e. The number of piperidine rings is 1. The summed E-state index contributed by atoms with van der Waals surface area (Å²) in [7, 11) is 3.78. The van der Waals surface area contributed by atoms with Gasteiger partial charge in [0.05, 0.1) is 0 Å². The lowest BCUT2D eigenvalue weighted by Gasteiger charge is -2.23. The molecule has 1 saturated heterocycles. The fourth-order valence-electron chi connectivity index (χ4n) is 2.42. The first-order valence-electron chi connectivity index (χ1n) is 7.84. The van der Waals surface area contributed by atoms with Crippen LogP contribution in [-0.2, 0) is 4.79 Å². The summed E-state index contributed by atoms with van der Waals surface area (Å²) in [5.41, 5.74) is 0.815. The highest BCUT2D eigenvalue weighted by Gasteiger charge is 2.11. The standard InChI is InChI=1S/C16H25N5O/c1-21(2)16-19-11-13(12-20-16)6-7-15(22)18-10-8-14-5-3-4-9-17-14/h6-7,11-12,14,17H,3-5,8-10H2,1-2H3,(H,18,22)/b7-6+. The molecule has 0 radical (unpaired) electrons. The number of rotatable bonds is 6. The predicted molar refractivity (Wildman–Crippen MR) is 88.7 cm³/mol. The molecule has 2 heterocycles. The van der Waals surface area contributed by atoms with E-state index in [4.69, 9.17) is 0 Å². The van der Waals surface area contributed by atoms with Crippen LogP contribution in [0.2, 0.25) is 0 Å². The number of aromatic nitrogens is 2. The highest BCUT2D eigenvalue weighted by molar-refractivity contribution is 5.91. The van der Waals surface area contributed by atoms with Gasteiger partial charge in [0, 0.05) is 50.7 Å². The van der Waals surface area contributed by atoms with Crippen LogP contribution < -0.4 is 15.5 Å². The van der Waals surface area contributed by atoms with E-state index in [1.165, 1.54) is 25.3 Å². The number of nitrogens with one attached hydrogen (secondary N) is 2. The Labute approximate surface area is 132 Å². The minimum atomic E-state index is -0.0764. The van der Waals surface area contributed by atoms with Crippen LogP contribution in [-0.4, -0.2) is 49.1 Å². The molecule has 0 spiro atoms. The van der Waals surface area contributed by atoms with Gasteiger partial charge >= 0.3 is 0 Å². The van der Waals surface area contributed by atoms with Crippen molar-refractivity contribution in [3.8, 4) is 0 Å². The van der Waals surface area contributed by atoms with E-state index in [0.29, 0.717) is 18.5 Å². The lowest BCUT2D eigenvalue weighted by molar-refractivity contribution is -0.116. The molecular formula is C16H25N5O. The SMILES string of the molecule is CN(C)c1ncc(/C=C/C(=O)NCCC2CCCCN2)cn1. The van der Waals surface area contributed by atoms with Crippen LogP contribution in [0.3, 0.4) is 0 Å². The quantitative estimate of drug-likeness (QED) is 0.773. The first-order chi connectivity index (χ1) is 10.6. The van der Waals surface area contributed by atoms with E-state index in [1.54, 1.807) is 18.5 Å². The molecule has 2 rings (SSSR count). The predicted octanol–water partition coefficient (Wildman–Crippen LogP) is 1.20. The Kier molecular flexibility index (Phi) is 6.33. The van der Waals surface area contributed by atoms with Crippen molar-refractivity contribution in [2.75, 3.05) is 32.1 Å². The number of hydrogen-bond acceptors (Lipinski definition) is 5. The van der Waals surface area contributed by atoms with Crippen molar-refractivity contribution in [3.63, 3.8) is 0 Å². The number of hydrogen-bond donors (Lipinski definition) is 2. The smallest absolute Gasteiger partial charge is 0.244 e. The van der Waals surface area contributed by atoms with E-state index in [1.807, 2.05) is 19.0 Å². The summed E-state index contributed by atoms with van der Waals surface area (Å²) in [5.74, 6) is 0.578. The molecule has 22 heavy (non-hydrogen) atoms. The van der Waals surface area contributed by atoms with Gasteiger partial charge in [0.1, 0.15) is 0 Å². The van der Waals surface area contributed by atoms with Crippen molar-refractivity contribution >= 4 is 17.9 Å². The van der Waals surface area contributed by atoms with Gasteiger partial charge < -0.3 is 15.5 Å². The van der Waals surface area contributed by atoms with Crippen LogP contribution in [0.5, 0.6) is 0 Å². The topological polar surface area (TPSA) is 70.2 Å². The molecule has 1 aromatic rings. The molecule has 0 bridgehead atoms. The minimum Gasteiger partial charge on any atom is -0.352 e. The van der Waals surface area contributed by atoms with Crippen LogP contribution in [0.25, 0.3) is 6.08 Å². The molecular weight excluding hydrogens is 278 g/mol. The van der Waals surface area contributed by atoms with Gasteiger partial charge in [-0.2, -0.15) is 0 Å². The van der Waals surface area contributed by atoms with Crippen molar-refractivity contribution < 1.29 is 4.79 Å². The fraction of sp³-hybridized carbons (Fsp3) is 0.562. The third-order valence-corrected chi connectivity index (χ3v) is 3.69. The molecule has 6 heteroatoms. The minimum absolute atomic E-state index is 0.0764. The van der Waals surface area contributed by atoms with Crippen molar-refractivity contribution in [2.24, 2.45) is 0 Å². The Morgan fingerprint density at radius 1 is 1.41 bits per heavy atom. The lowest BCUT2D eigenvalue weighted by atomic mass is 10.0. The van der Waals surface area contributed by atoms with Gasteiger partial charge in [0.15, 0.2) is 0 Å². The lowest BCUT2D eigenvalue weighted by Crippen LogP contribution is -2.37. The molecule has 1 amide bonds. The second-order valence-electron chi connectivity index (χ2n) is 5.77. The molecule has 1 fully saturated rings. The molecule has 1 aliphatic heterocycles. The Morgan fingerprint density at radius 3 is 2.82 bits per heavy atom. The van der Waals surface area contributed by atoms with E-state index >= 15 is 0 Å². The summed E-state index contributed by atoms with van der Waals surface area (Å²) in [4.78, 5) is 22.0. The summed E-state index contributed by atoms with van der Waals surface area (Å²) >= 11 is 0. The molecule has 2 N–H and O–H groups in total. The second-order valence-corrected chi connectivity index (χ2v) is 5.77. The molecule has 1 aromatic heterocycles. The average molecular weight is 303 g/mol. The Morgan fingerprint density at radius 2 is 2.18 bits per heavy atom. The van der Waals surface area contributed by atoms with Crippen molar-refractivity contribution in [1.82, 2.24) is 20.6 Å². The van der Waals surface area contributed by atoms with Gasteiger partial charge in [-0.3, -0.25) is 4.79 Å². The van der Waals surface area contributed by atoms with E-state index in [-0.39, 0.29) is 5.91 Å². The summed E-state index contributed by atoms with van der Waals surface area (Å²) in [6.07, 6.45) is 11.4. The Balaban J connectivity index is 1.71. The number of anilines is 1. The van der Waals surface area contributed by atoms with Gasteiger partial charge in [-0.05, 0) is 31.9 Å². The van der Waals surface area contributed by atoms with Gasteiger partial charge in [-0.15, -0.1) is 0 Å². The average Bonchev–Trinajstić information content (AvgIpc) is 2.54. The zero-order valence-electron chi connectivity index (χ0n) is 13.4. The van der Waals surface area contributed by atoms with Gasteiger partial charge in [-0.1, -0.05) is 6.42 Å². The normalized spacial score (nSPS) is 18.4. The maximum absolute atomic E-state index is 11.8. The summed E-state index contributed by atoms with van der Waals surface area (Å²) in [6, 6.07) is 0.546. The van der Waals surface area contributed by atoms with Gasteiger partial charge in [-0.25, -0.2) is 9.97 Å². The largest absolute Gasteiger partial charge is 0.352 e. The van der Waals surface area contributed by atoms with Crippen LogP contribution >= 0.6 is 0 Å². The molecule has 1 atom stereocenters. The Hall–Kier alpha value is -1.95. The number of carbonyl (C=O) groups is 1. The third kappa shape index (κ3) is 5.44. The molecule has 1 aliphatic rings. The van der Waals surface area contributed by atoms with E-state index in [9.17, 15) is 4.79 Å². The van der Waals surface area contributed by atoms with Gasteiger partial charge in [0.25, 0.3) is 0 Å². The van der Waals surface area contributed by atoms with Crippen molar-refractivity contribution in [3.05, 3.63) is 24.0 Å². The molecule has 1 unspecified atom stereocenters.